The quantitative estimate of drug-likeness (QED) is 0.862. The van der Waals surface area contributed by atoms with Crippen LogP contribution in [0.2, 0.25) is 0 Å². The first-order valence-electron chi connectivity index (χ1n) is 7.52. The minimum Gasteiger partial charge on any atom is -0.354 e. The summed E-state index contributed by atoms with van der Waals surface area (Å²) in [5.74, 6) is 1.45. The number of rotatable bonds is 6. The van der Waals surface area contributed by atoms with Crippen molar-refractivity contribution in [3.63, 3.8) is 0 Å². The lowest BCUT2D eigenvalue weighted by Crippen LogP contribution is -2.34. The first kappa shape index (κ1) is 13.2. The third-order valence-corrected chi connectivity index (χ3v) is 4.49. The van der Waals surface area contributed by atoms with Crippen LogP contribution in [0.1, 0.15) is 37.2 Å². The van der Waals surface area contributed by atoms with Gasteiger partial charge >= 0.3 is 0 Å². The van der Waals surface area contributed by atoms with E-state index in [1.165, 1.54) is 25.7 Å². The molecular formula is C17H20N2O. The first-order chi connectivity index (χ1) is 9.79. The van der Waals surface area contributed by atoms with Crippen molar-refractivity contribution in [3.8, 4) is 6.07 Å². The summed E-state index contributed by atoms with van der Waals surface area (Å²) in [6, 6.07) is 11.4. The number of benzene rings is 1. The van der Waals surface area contributed by atoms with Crippen molar-refractivity contribution in [1.82, 2.24) is 5.32 Å². The molecule has 104 valence electrons. The topological polar surface area (TPSA) is 52.9 Å². The molecule has 0 spiro atoms. The molecule has 0 saturated heterocycles. The molecule has 0 bridgehead atoms. The molecule has 3 nitrogen and oxygen atoms in total. The van der Waals surface area contributed by atoms with Gasteiger partial charge in [0.25, 0.3) is 0 Å². The summed E-state index contributed by atoms with van der Waals surface area (Å²) in [5.41, 5.74) is 0.780. The Bertz CT molecular complexity index is 500. The lowest BCUT2D eigenvalue weighted by Gasteiger charge is -2.17. The molecule has 2 aliphatic carbocycles. The van der Waals surface area contributed by atoms with E-state index in [0.717, 1.165) is 23.9 Å². The van der Waals surface area contributed by atoms with Crippen LogP contribution in [0.4, 0.5) is 0 Å². The molecule has 1 atom stereocenters. The SMILES string of the molecule is N#CC(C(=O)NCC(C1CC1)C1CC1)c1ccccc1. The lowest BCUT2D eigenvalue weighted by molar-refractivity contribution is -0.121. The van der Waals surface area contributed by atoms with E-state index >= 15 is 0 Å². The number of carbonyl (C=O) groups is 1. The predicted molar refractivity (Wildman–Crippen MR) is 76.7 cm³/mol. The molecule has 0 radical (unpaired) electrons. The summed E-state index contributed by atoms with van der Waals surface area (Å²) in [6.07, 6.45) is 5.27. The molecule has 2 aliphatic rings. The number of nitrogens with one attached hydrogen (secondary N) is 1. The second-order valence-corrected chi connectivity index (χ2v) is 6.06. The molecule has 3 rings (SSSR count). The van der Waals surface area contributed by atoms with Gasteiger partial charge in [-0.1, -0.05) is 30.3 Å². The molecule has 1 aromatic carbocycles. The van der Waals surface area contributed by atoms with Gasteiger partial charge in [-0.15, -0.1) is 0 Å². The number of amides is 1. The van der Waals surface area contributed by atoms with Crippen molar-refractivity contribution < 1.29 is 4.79 Å². The monoisotopic (exact) mass is 268 g/mol. The minimum atomic E-state index is -0.685. The zero-order valence-electron chi connectivity index (χ0n) is 11.6. The van der Waals surface area contributed by atoms with Crippen molar-refractivity contribution in [2.75, 3.05) is 6.54 Å². The van der Waals surface area contributed by atoms with Gasteiger partial charge in [-0.25, -0.2) is 0 Å². The number of hydrogen-bond donors (Lipinski definition) is 1. The lowest BCUT2D eigenvalue weighted by atomic mass is 9.96. The Balaban J connectivity index is 1.58. The third kappa shape index (κ3) is 3.01. The van der Waals surface area contributed by atoms with Gasteiger partial charge in [0.15, 0.2) is 0 Å². The van der Waals surface area contributed by atoms with Crippen molar-refractivity contribution >= 4 is 5.91 Å². The van der Waals surface area contributed by atoms with Gasteiger partial charge in [-0.05, 0) is 49.0 Å². The van der Waals surface area contributed by atoms with Crippen LogP contribution in [-0.4, -0.2) is 12.5 Å². The van der Waals surface area contributed by atoms with Crippen LogP contribution in [-0.2, 0) is 4.79 Å². The largest absolute Gasteiger partial charge is 0.354 e. The predicted octanol–water partition coefficient (Wildman–Crippen LogP) is 2.85. The Morgan fingerprint density at radius 2 is 1.80 bits per heavy atom. The molecule has 3 heteroatoms. The van der Waals surface area contributed by atoms with E-state index in [-0.39, 0.29) is 5.91 Å². The van der Waals surface area contributed by atoms with Crippen LogP contribution in [0.3, 0.4) is 0 Å². The average molecular weight is 268 g/mol. The van der Waals surface area contributed by atoms with Gasteiger partial charge in [0, 0.05) is 6.54 Å². The van der Waals surface area contributed by atoms with Crippen molar-refractivity contribution in [2.45, 2.75) is 31.6 Å². The molecule has 2 saturated carbocycles. The molecule has 2 fully saturated rings. The maximum Gasteiger partial charge on any atom is 0.241 e. The van der Waals surface area contributed by atoms with Crippen molar-refractivity contribution in [1.29, 1.82) is 5.26 Å². The molecule has 1 aromatic rings. The Morgan fingerprint density at radius 3 is 2.30 bits per heavy atom. The second-order valence-electron chi connectivity index (χ2n) is 6.06. The maximum absolute atomic E-state index is 12.2. The summed E-state index contributed by atoms with van der Waals surface area (Å²) in [5, 5.41) is 12.3. The smallest absolute Gasteiger partial charge is 0.241 e. The fourth-order valence-electron chi connectivity index (χ4n) is 3.02. The van der Waals surface area contributed by atoms with Gasteiger partial charge in [0.05, 0.1) is 6.07 Å². The van der Waals surface area contributed by atoms with E-state index in [4.69, 9.17) is 0 Å². The minimum absolute atomic E-state index is 0.148. The van der Waals surface area contributed by atoms with Gasteiger partial charge in [-0.2, -0.15) is 5.26 Å². The zero-order chi connectivity index (χ0) is 13.9. The Hall–Kier alpha value is -1.82. The van der Waals surface area contributed by atoms with E-state index in [1.54, 1.807) is 0 Å². The molecule has 0 aliphatic heterocycles. The molecule has 0 aromatic heterocycles. The standard InChI is InChI=1S/C17H20N2O/c18-10-15(12-4-2-1-3-5-12)17(20)19-11-16(13-6-7-13)14-8-9-14/h1-5,13-16H,6-9,11H2,(H,19,20). The number of nitriles is 1. The van der Waals surface area contributed by atoms with Crippen LogP contribution in [0.5, 0.6) is 0 Å². The summed E-state index contributed by atoms with van der Waals surface area (Å²) < 4.78 is 0. The third-order valence-electron chi connectivity index (χ3n) is 4.49. The van der Waals surface area contributed by atoms with Crippen molar-refractivity contribution in [2.24, 2.45) is 17.8 Å². The van der Waals surface area contributed by atoms with Gasteiger partial charge < -0.3 is 5.32 Å². The Morgan fingerprint density at radius 1 is 1.20 bits per heavy atom. The molecule has 1 amide bonds. The van der Waals surface area contributed by atoms with Gasteiger partial charge in [-0.3, -0.25) is 4.79 Å². The highest BCUT2D eigenvalue weighted by atomic mass is 16.1. The van der Waals surface area contributed by atoms with Crippen LogP contribution < -0.4 is 5.32 Å². The average Bonchev–Trinajstić information content (AvgIpc) is 3.35. The molecule has 1 N–H and O–H groups in total. The number of carbonyl (C=O) groups excluding carboxylic acids is 1. The zero-order valence-corrected chi connectivity index (χ0v) is 11.6. The summed E-state index contributed by atoms with van der Waals surface area (Å²) in [4.78, 5) is 12.2. The van der Waals surface area contributed by atoms with E-state index in [2.05, 4.69) is 11.4 Å². The van der Waals surface area contributed by atoms with Gasteiger partial charge in [0.1, 0.15) is 5.92 Å². The molecule has 20 heavy (non-hydrogen) atoms. The van der Waals surface area contributed by atoms with Crippen LogP contribution in [0.25, 0.3) is 0 Å². The fourth-order valence-corrected chi connectivity index (χ4v) is 3.02. The summed E-state index contributed by atoms with van der Waals surface area (Å²) in [7, 11) is 0. The Kier molecular flexibility index (Phi) is 3.73. The fraction of sp³-hybridized carbons (Fsp3) is 0.529. The molecule has 1 unspecified atom stereocenters. The van der Waals surface area contributed by atoms with E-state index < -0.39 is 5.92 Å². The van der Waals surface area contributed by atoms with Crippen LogP contribution >= 0.6 is 0 Å². The van der Waals surface area contributed by atoms with E-state index in [9.17, 15) is 10.1 Å². The highest BCUT2D eigenvalue weighted by molar-refractivity contribution is 5.86. The highest BCUT2D eigenvalue weighted by Crippen LogP contribution is 2.48. The summed E-state index contributed by atoms with van der Waals surface area (Å²) in [6.45, 7) is 0.749. The van der Waals surface area contributed by atoms with Gasteiger partial charge in [0.2, 0.25) is 5.91 Å². The molecular weight excluding hydrogens is 248 g/mol. The van der Waals surface area contributed by atoms with E-state index in [1.807, 2.05) is 30.3 Å². The second kappa shape index (κ2) is 5.66. The highest BCUT2D eigenvalue weighted by Gasteiger charge is 2.41. The Labute approximate surface area is 120 Å². The number of hydrogen-bond acceptors (Lipinski definition) is 2. The maximum atomic E-state index is 12.2. The molecule has 0 heterocycles. The van der Waals surface area contributed by atoms with Crippen molar-refractivity contribution in [3.05, 3.63) is 35.9 Å². The first-order valence-corrected chi connectivity index (χ1v) is 7.52. The van der Waals surface area contributed by atoms with Crippen LogP contribution in [0, 0.1) is 29.1 Å². The number of nitrogens with zero attached hydrogens (tertiary/aromatic N) is 1. The normalized spacial score (nSPS) is 19.4. The van der Waals surface area contributed by atoms with Crippen LogP contribution in [0.15, 0.2) is 30.3 Å². The van der Waals surface area contributed by atoms with E-state index in [0.29, 0.717) is 5.92 Å². The summed E-state index contributed by atoms with van der Waals surface area (Å²) >= 11 is 0.